The van der Waals surface area contributed by atoms with Gasteiger partial charge in [-0.2, -0.15) is 13.2 Å². The van der Waals surface area contributed by atoms with E-state index in [4.69, 9.17) is 0 Å². The molecule has 0 radical (unpaired) electrons. The Bertz CT molecular complexity index is 683. The van der Waals surface area contributed by atoms with E-state index in [0.717, 1.165) is 6.07 Å². The Hall–Kier alpha value is -2.57. The van der Waals surface area contributed by atoms with Gasteiger partial charge in [-0.3, -0.25) is 4.79 Å². The van der Waals surface area contributed by atoms with Gasteiger partial charge < -0.3 is 10.6 Å². The molecule has 0 aliphatic rings. The van der Waals surface area contributed by atoms with Crippen molar-refractivity contribution < 1.29 is 22.4 Å². The lowest BCUT2D eigenvalue weighted by molar-refractivity contribution is -0.137. The molecule has 0 fully saturated rings. The maximum atomic E-state index is 12.9. The number of halogens is 4. The minimum Gasteiger partial charge on any atom is -0.374 e. The number of carbonyl (C=O) groups is 1. The Morgan fingerprint density at radius 3 is 2.26 bits per heavy atom. The molecule has 2 rings (SSSR count). The molecule has 0 heterocycles. The molecule has 23 heavy (non-hydrogen) atoms. The summed E-state index contributed by atoms with van der Waals surface area (Å²) in [7, 11) is 0. The number of hydrogen-bond donors (Lipinski definition) is 2. The van der Waals surface area contributed by atoms with Crippen LogP contribution < -0.4 is 10.6 Å². The predicted octanol–water partition coefficient (Wildman–Crippen LogP) is 4.28. The van der Waals surface area contributed by atoms with Gasteiger partial charge in [0.1, 0.15) is 11.9 Å². The van der Waals surface area contributed by atoms with Crippen LogP contribution in [0.25, 0.3) is 0 Å². The van der Waals surface area contributed by atoms with E-state index in [-0.39, 0.29) is 5.69 Å². The van der Waals surface area contributed by atoms with E-state index in [2.05, 4.69) is 10.6 Å². The first-order valence-electron chi connectivity index (χ1n) is 6.76. The number of anilines is 2. The number of benzene rings is 2. The fraction of sp³-hybridized carbons (Fsp3) is 0.188. The Balaban J connectivity index is 2.08. The molecule has 0 bridgehead atoms. The van der Waals surface area contributed by atoms with E-state index in [1.807, 2.05) is 0 Å². The first-order chi connectivity index (χ1) is 10.8. The van der Waals surface area contributed by atoms with Gasteiger partial charge in [0.2, 0.25) is 5.91 Å². The number of rotatable bonds is 4. The predicted molar refractivity (Wildman–Crippen MR) is 79.6 cm³/mol. The number of amides is 1. The van der Waals surface area contributed by atoms with Crippen molar-refractivity contribution in [2.75, 3.05) is 10.6 Å². The fourth-order valence-electron chi connectivity index (χ4n) is 1.94. The van der Waals surface area contributed by atoms with E-state index < -0.39 is 29.5 Å². The monoisotopic (exact) mass is 326 g/mol. The van der Waals surface area contributed by atoms with Crippen molar-refractivity contribution in [2.24, 2.45) is 0 Å². The van der Waals surface area contributed by atoms with Gasteiger partial charge in [-0.05, 0) is 43.3 Å². The molecule has 0 saturated carbocycles. The van der Waals surface area contributed by atoms with Gasteiger partial charge in [-0.25, -0.2) is 4.39 Å². The second-order valence-corrected chi connectivity index (χ2v) is 4.91. The van der Waals surface area contributed by atoms with Gasteiger partial charge in [0.05, 0.1) is 11.3 Å². The van der Waals surface area contributed by atoms with Gasteiger partial charge in [0.25, 0.3) is 0 Å². The normalized spacial score (nSPS) is 12.6. The molecule has 2 N–H and O–H groups in total. The maximum Gasteiger partial charge on any atom is 0.418 e. The Labute approximate surface area is 130 Å². The summed E-state index contributed by atoms with van der Waals surface area (Å²) in [6, 6.07) is 9.23. The fourth-order valence-corrected chi connectivity index (χ4v) is 1.94. The van der Waals surface area contributed by atoms with E-state index in [0.29, 0.717) is 5.69 Å². The second-order valence-electron chi connectivity index (χ2n) is 4.91. The van der Waals surface area contributed by atoms with E-state index in [9.17, 15) is 22.4 Å². The molecule has 2 aromatic carbocycles. The van der Waals surface area contributed by atoms with Crippen LogP contribution >= 0.6 is 0 Å². The molecule has 1 amide bonds. The van der Waals surface area contributed by atoms with Crippen molar-refractivity contribution in [1.82, 2.24) is 0 Å². The van der Waals surface area contributed by atoms with Crippen LogP contribution in [0.1, 0.15) is 12.5 Å². The van der Waals surface area contributed by atoms with Crippen molar-refractivity contribution in [3.05, 3.63) is 59.9 Å². The lowest BCUT2D eigenvalue weighted by atomic mass is 10.1. The van der Waals surface area contributed by atoms with Crippen LogP contribution in [-0.4, -0.2) is 11.9 Å². The van der Waals surface area contributed by atoms with E-state index in [1.165, 1.54) is 49.4 Å². The molecule has 1 unspecified atom stereocenters. The van der Waals surface area contributed by atoms with Gasteiger partial charge in [-0.1, -0.05) is 12.1 Å². The molecule has 0 saturated heterocycles. The average molecular weight is 326 g/mol. The summed E-state index contributed by atoms with van der Waals surface area (Å²) >= 11 is 0. The Kier molecular flexibility index (Phi) is 4.88. The topological polar surface area (TPSA) is 41.1 Å². The lowest BCUT2D eigenvalue weighted by Gasteiger charge is -2.18. The van der Waals surface area contributed by atoms with Crippen LogP contribution in [0.2, 0.25) is 0 Å². The van der Waals surface area contributed by atoms with Crippen molar-refractivity contribution in [2.45, 2.75) is 19.1 Å². The summed E-state index contributed by atoms with van der Waals surface area (Å²) in [6.45, 7) is 1.49. The summed E-state index contributed by atoms with van der Waals surface area (Å²) in [5, 5.41) is 5.04. The molecule has 0 aliphatic carbocycles. The largest absolute Gasteiger partial charge is 0.418 e. The molecule has 1 atom stereocenters. The van der Waals surface area contributed by atoms with Crippen LogP contribution in [-0.2, 0) is 11.0 Å². The number of carbonyl (C=O) groups excluding carboxylic acids is 1. The number of hydrogen-bond acceptors (Lipinski definition) is 2. The van der Waals surface area contributed by atoms with Crippen LogP contribution in [0.3, 0.4) is 0 Å². The third kappa shape index (κ3) is 4.45. The van der Waals surface area contributed by atoms with Crippen molar-refractivity contribution in [3.8, 4) is 0 Å². The first kappa shape index (κ1) is 16.8. The molecule has 7 heteroatoms. The van der Waals surface area contributed by atoms with Gasteiger partial charge in [0.15, 0.2) is 0 Å². The van der Waals surface area contributed by atoms with Gasteiger partial charge in [-0.15, -0.1) is 0 Å². The number of alkyl halides is 3. The van der Waals surface area contributed by atoms with Crippen molar-refractivity contribution >= 4 is 17.3 Å². The highest BCUT2D eigenvalue weighted by Gasteiger charge is 2.33. The minimum absolute atomic E-state index is 0.308. The van der Waals surface area contributed by atoms with Gasteiger partial charge in [0, 0.05) is 5.69 Å². The molecular weight excluding hydrogens is 312 g/mol. The molecule has 2 aromatic rings. The van der Waals surface area contributed by atoms with Crippen LogP contribution in [0.15, 0.2) is 48.5 Å². The summed E-state index contributed by atoms with van der Waals surface area (Å²) in [6.07, 6.45) is -4.56. The maximum absolute atomic E-state index is 12.9. The Morgan fingerprint density at radius 2 is 1.65 bits per heavy atom. The highest BCUT2D eigenvalue weighted by molar-refractivity contribution is 5.96. The zero-order chi connectivity index (χ0) is 17.0. The van der Waals surface area contributed by atoms with Crippen molar-refractivity contribution in [1.29, 1.82) is 0 Å². The summed E-state index contributed by atoms with van der Waals surface area (Å²) < 4.78 is 51.5. The zero-order valence-corrected chi connectivity index (χ0v) is 12.1. The standard InChI is InChI=1S/C16H14F4N2O/c1-10(21-12-8-6-11(17)7-9-12)15(23)22-14-5-3-2-4-13(14)16(18,19)20/h2-10,21H,1H3,(H,22,23). The van der Waals surface area contributed by atoms with Crippen molar-refractivity contribution in [3.63, 3.8) is 0 Å². The first-order valence-corrected chi connectivity index (χ1v) is 6.76. The molecule has 3 nitrogen and oxygen atoms in total. The molecule has 0 aromatic heterocycles. The van der Waals surface area contributed by atoms with E-state index >= 15 is 0 Å². The molecular formula is C16H14F4N2O. The number of nitrogens with one attached hydrogen (secondary N) is 2. The zero-order valence-electron chi connectivity index (χ0n) is 12.1. The second kappa shape index (κ2) is 6.68. The lowest BCUT2D eigenvalue weighted by Crippen LogP contribution is -2.32. The third-order valence-corrected chi connectivity index (χ3v) is 3.11. The Morgan fingerprint density at radius 1 is 1.04 bits per heavy atom. The molecule has 0 spiro atoms. The summed E-state index contributed by atoms with van der Waals surface area (Å²) in [5.41, 5.74) is -0.738. The van der Waals surface area contributed by atoms with Gasteiger partial charge >= 0.3 is 6.18 Å². The van der Waals surface area contributed by atoms with Crippen LogP contribution in [0.5, 0.6) is 0 Å². The molecule has 0 aliphatic heterocycles. The van der Waals surface area contributed by atoms with Crippen LogP contribution in [0.4, 0.5) is 28.9 Å². The third-order valence-electron chi connectivity index (χ3n) is 3.11. The SMILES string of the molecule is CC(Nc1ccc(F)cc1)C(=O)Nc1ccccc1C(F)(F)F. The summed E-state index contributed by atoms with van der Waals surface area (Å²) in [4.78, 5) is 12.0. The smallest absolute Gasteiger partial charge is 0.374 e. The summed E-state index contributed by atoms with van der Waals surface area (Å²) in [5.74, 6) is -1.06. The molecule has 122 valence electrons. The van der Waals surface area contributed by atoms with Crippen LogP contribution in [0, 0.1) is 5.82 Å². The highest BCUT2D eigenvalue weighted by Crippen LogP contribution is 2.34. The minimum atomic E-state index is -4.56. The quantitative estimate of drug-likeness (QED) is 0.823. The number of para-hydroxylation sites is 1. The van der Waals surface area contributed by atoms with E-state index in [1.54, 1.807) is 0 Å². The highest BCUT2D eigenvalue weighted by atomic mass is 19.4. The average Bonchev–Trinajstić information content (AvgIpc) is 2.49.